The number of rotatable bonds is 5. The average Bonchev–Trinajstić information content (AvgIpc) is 2.73. The number of carbonyl (C=O) groups is 2. The molecule has 0 unspecified atom stereocenters. The second kappa shape index (κ2) is 8.80. The summed E-state index contributed by atoms with van der Waals surface area (Å²) in [6, 6.07) is 17.3. The number of amides is 2. The average molecular weight is 391 g/mol. The fourth-order valence-electron chi connectivity index (χ4n) is 2.46. The molecule has 0 aliphatic rings. The lowest BCUT2D eigenvalue weighted by atomic mass is 10.1. The van der Waals surface area contributed by atoms with Gasteiger partial charge in [-0.05, 0) is 35.9 Å². The number of nitrogens with one attached hydrogen (secondary N) is 2. The Kier molecular flexibility index (Phi) is 6.00. The van der Waals surface area contributed by atoms with Gasteiger partial charge < -0.3 is 10.6 Å². The Morgan fingerprint density at radius 1 is 1.00 bits per heavy atom. The van der Waals surface area contributed by atoms with Crippen molar-refractivity contribution in [3.8, 4) is 6.07 Å². The fraction of sp³-hybridized carbons (Fsp3) is 0.0476. The van der Waals surface area contributed by atoms with E-state index >= 15 is 0 Å². The zero-order valence-corrected chi connectivity index (χ0v) is 15.4. The summed E-state index contributed by atoms with van der Waals surface area (Å²) in [5.41, 5.74) is 2.11. The number of carbonyl (C=O) groups excluding carboxylic acids is 2. The van der Waals surface area contributed by atoms with Crippen molar-refractivity contribution in [2.24, 2.45) is 0 Å². The highest BCUT2D eigenvalue weighted by molar-refractivity contribution is 6.30. The van der Waals surface area contributed by atoms with E-state index in [-0.39, 0.29) is 17.0 Å². The van der Waals surface area contributed by atoms with Crippen LogP contribution in [-0.2, 0) is 6.54 Å². The summed E-state index contributed by atoms with van der Waals surface area (Å²) in [7, 11) is 0. The van der Waals surface area contributed by atoms with E-state index in [2.05, 4.69) is 15.6 Å². The molecule has 0 spiro atoms. The molecule has 138 valence electrons. The standard InChI is InChI=1S/C21H15ClN4O2/c22-18-7-5-14(6-8-18)11-25-20(27)16-9-17(13-24-12-16)21(28)26-19-4-2-1-3-15(19)10-23/h1-9,12-13H,11H2,(H,25,27)(H,26,28). The van der Waals surface area contributed by atoms with Crippen molar-refractivity contribution in [1.82, 2.24) is 10.3 Å². The molecule has 0 bridgehead atoms. The number of benzene rings is 2. The van der Waals surface area contributed by atoms with Gasteiger partial charge in [-0.15, -0.1) is 0 Å². The Labute approximate surface area is 166 Å². The zero-order chi connectivity index (χ0) is 19.9. The number of nitriles is 1. The number of para-hydroxylation sites is 1. The molecule has 0 radical (unpaired) electrons. The topological polar surface area (TPSA) is 94.9 Å². The number of aromatic nitrogens is 1. The van der Waals surface area contributed by atoms with Crippen molar-refractivity contribution >= 4 is 29.1 Å². The minimum atomic E-state index is -0.456. The van der Waals surface area contributed by atoms with Gasteiger partial charge in [-0.2, -0.15) is 5.26 Å². The molecule has 2 amide bonds. The number of nitrogens with zero attached hydrogens (tertiary/aromatic N) is 2. The molecule has 7 heteroatoms. The van der Waals surface area contributed by atoms with Crippen molar-refractivity contribution in [1.29, 1.82) is 5.26 Å². The third-order valence-corrected chi connectivity index (χ3v) is 4.18. The van der Waals surface area contributed by atoms with Crippen molar-refractivity contribution in [3.63, 3.8) is 0 Å². The lowest BCUT2D eigenvalue weighted by molar-refractivity contribution is 0.0950. The van der Waals surface area contributed by atoms with Crippen LogP contribution in [0.2, 0.25) is 5.02 Å². The highest BCUT2D eigenvalue weighted by Gasteiger charge is 2.13. The van der Waals surface area contributed by atoms with Crippen LogP contribution in [0.25, 0.3) is 0 Å². The SMILES string of the molecule is N#Cc1ccccc1NC(=O)c1cncc(C(=O)NCc2ccc(Cl)cc2)c1. The molecule has 0 aliphatic heterocycles. The molecule has 0 aliphatic carbocycles. The third-order valence-electron chi connectivity index (χ3n) is 3.92. The largest absolute Gasteiger partial charge is 0.348 e. The maximum Gasteiger partial charge on any atom is 0.257 e. The predicted octanol–water partition coefficient (Wildman–Crippen LogP) is 3.79. The lowest BCUT2D eigenvalue weighted by Gasteiger charge is -2.08. The molecule has 28 heavy (non-hydrogen) atoms. The molecule has 0 atom stereocenters. The molecule has 0 saturated carbocycles. The maximum atomic E-state index is 12.5. The summed E-state index contributed by atoms with van der Waals surface area (Å²) in [6.07, 6.45) is 2.75. The van der Waals surface area contributed by atoms with Gasteiger partial charge in [0.1, 0.15) is 6.07 Å². The number of anilines is 1. The molecule has 6 nitrogen and oxygen atoms in total. The van der Waals surface area contributed by atoms with Crippen molar-refractivity contribution in [2.75, 3.05) is 5.32 Å². The van der Waals surface area contributed by atoms with E-state index in [1.807, 2.05) is 18.2 Å². The van der Waals surface area contributed by atoms with Crippen LogP contribution in [0.4, 0.5) is 5.69 Å². The van der Waals surface area contributed by atoms with E-state index in [1.54, 1.807) is 36.4 Å². The molecular formula is C21H15ClN4O2. The number of hydrogen-bond donors (Lipinski definition) is 2. The second-order valence-electron chi connectivity index (χ2n) is 5.88. The summed E-state index contributed by atoms with van der Waals surface area (Å²) in [6.45, 7) is 0.321. The van der Waals surface area contributed by atoms with Crippen LogP contribution >= 0.6 is 11.6 Å². The summed E-state index contributed by atoms with van der Waals surface area (Å²) < 4.78 is 0. The first-order valence-electron chi connectivity index (χ1n) is 8.35. The van der Waals surface area contributed by atoms with Gasteiger partial charge in [0.25, 0.3) is 11.8 Å². The third kappa shape index (κ3) is 4.72. The Morgan fingerprint density at radius 2 is 1.68 bits per heavy atom. The van der Waals surface area contributed by atoms with Gasteiger partial charge in [-0.1, -0.05) is 35.9 Å². The number of halogens is 1. The van der Waals surface area contributed by atoms with Crippen molar-refractivity contribution in [3.05, 3.63) is 94.3 Å². The molecule has 1 heterocycles. The molecule has 2 N–H and O–H groups in total. The molecule has 0 fully saturated rings. The molecular weight excluding hydrogens is 376 g/mol. The highest BCUT2D eigenvalue weighted by atomic mass is 35.5. The first-order chi connectivity index (χ1) is 13.6. The van der Waals surface area contributed by atoms with E-state index in [9.17, 15) is 9.59 Å². The van der Waals surface area contributed by atoms with E-state index in [0.29, 0.717) is 22.8 Å². The maximum absolute atomic E-state index is 12.5. The predicted molar refractivity (Wildman–Crippen MR) is 106 cm³/mol. The molecule has 1 aromatic heterocycles. The lowest BCUT2D eigenvalue weighted by Crippen LogP contribution is -2.23. The molecule has 2 aromatic carbocycles. The smallest absolute Gasteiger partial charge is 0.257 e. The molecule has 3 rings (SSSR count). The number of pyridine rings is 1. The Balaban J connectivity index is 1.69. The number of hydrogen-bond acceptors (Lipinski definition) is 4. The highest BCUT2D eigenvalue weighted by Crippen LogP contribution is 2.15. The fourth-order valence-corrected chi connectivity index (χ4v) is 2.59. The van der Waals surface area contributed by atoms with Gasteiger partial charge in [0, 0.05) is 24.0 Å². The van der Waals surface area contributed by atoms with Crippen LogP contribution in [0.5, 0.6) is 0 Å². The minimum absolute atomic E-state index is 0.215. The van der Waals surface area contributed by atoms with Crippen molar-refractivity contribution in [2.45, 2.75) is 6.54 Å². The summed E-state index contributed by atoms with van der Waals surface area (Å²) >= 11 is 5.84. The van der Waals surface area contributed by atoms with Gasteiger partial charge in [0.05, 0.1) is 22.4 Å². The quantitative estimate of drug-likeness (QED) is 0.692. The van der Waals surface area contributed by atoms with Gasteiger partial charge >= 0.3 is 0 Å². The zero-order valence-electron chi connectivity index (χ0n) is 14.6. The van der Waals surface area contributed by atoms with Crippen LogP contribution in [0.1, 0.15) is 31.8 Å². The van der Waals surface area contributed by atoms with Crippen molar-refractivity contribution < 1.29 is 9.59 Å². The van der Waals surface area contributed by atoms with E-state index in [0.717, 1.165) is 5.56 Å². The van der Waals surface area contributed by atoms with Gasteiger partial charge in [0.2, 0.25) is 0 Å². The summed E-state index contributed by atoms with van der Waals surface area (Å²) in [5, 5.41) is 15.2. The van der Waals surface area contributed by atoms with E-state index in [1.165, 1.54) is 18.5 Å². The van der Waals surface area contributed by atoms with Crippen LogP contribution in [0.3, 0.4) is 0 Å². The molecule has 0 saturated heterocycles. The molecule has 3 aromatic rings. The van der Waals surface area contributed by atoms with Crippen LogP contribution in [0.15, 0.2) is 67.0 Å². The first kappa shape index (κ1) is 19.1. The van der Waals surface area contributed by atoms with Crippen LogP contribution in [-0.4, -0.2) is 16.8 Å². The Hall–Kier alpha value is -3.69. The van der Waals surface area contributed by atoms with Crippen LogP contribution in [0, 0.1) is 11.3 Å². The van der Waals surface area contributed by atoms with Crippen LogP contribution < -0.4 is 10.6 Å². The summed E-state index contributed by atoms with van der Waals surface area (Å²) in [4.78, 5) is 28.8. The summed E-state index contributed by atoms with van der Waals surface area (Å²) in [5.74, 6) is -0.808. The normalized spacial score (nSPS) is 10.0. The minimum Gasteiger partial charge on any atom is -0.348 e. The Morgan fingerprint density at radius 3 is 2.39 bits per heavy atom. The van der Waals surface area contributed by atoms with Gasteiger partial charge in [-0.25, -0.2) is 0 Å². The van der Waals surface area contributed by atoms with Gasteiger partial charge in [-0.3, -0.25) is 14.6 Å². The van der Waals surface area contributed by atoms with E-state index in [4.69, 9.17) is 16.9 Å². The monoisotopic (exact) mass is 390 g/mol. The second-order valence-corrected chi connectivity index (χ2v) is 6.32. The first-order valence-corrected chi connectivity index (χ1v) is 8.73. The Bertz CT molecular complexity index is 1060. The van der Waals surface area contributed by atoms with E-state index < -0.39 is 5.91 Å². The van der Waals surface area contributed by atoms with Gasteiger partial charge in [0.15, 0.2) is 0 Å².